The lowest BCUT2D eigenvalue weighted by Crippen LogP contribution is -2.45. The molecule has 1 spiro atoms. The van der Waals surface area contributed by atoms with Crippen molar-refractivity contribution >= 4 is 49.3 Å². The van der Waals surface area contributed by atoms with Crippen molar-refractivity contribution in [2.45, 2.75) is 56.8 Å². The molecule has 0 saturated carbocycles. The SMILES string of the molecule is C[C@@H]1[C@@H]([Si](C)(C)F)[C@H](CC(=O)N(CCO)Cc2ccccc2)O[C@@]12C(=O)N(Cc1cccc(N3CCOC3=O)c1)c1ccc(Cl)cc12. The van der Waals surface area contributed by atoms with Gasteiger partial charge in [0.2, 0.25) is 14.3 Å². The molecule has 3 aromatic carbocycles. The molecule has 3 amide bonds. The second-order valence-electron chi connectivity index (χ2n) is 13.0. The number of carbonyl (C=O) groups is 3. The molecule has 1 N–H and O–H groups in total. The van der Waals surface area contributed by atoms with E-state index in [1.165, 1.54) is 0 Å². The fraction of sp³-hybridized carbons (Fsp3) is 0.400. The predicted octanol–water partition coefficient (Wildman–Crippen LogP) is 6.03. The average Bonchev–Trinajstić information content (AvgIpc) is 3.66. The number of cyclic esters (lactones) is 1. The third-order valence-electron chi connectivity index (χ3n) is 9.56. The van der Waals surface area contributed by atoms with Crippen LogP contribution in [-0.2, 0) is 37.8 Å². The van der Waals surface area contributed by atoms with Gasteiger partial charge in [0, 0.05) is 40.8 Å². The first kappa shape index (κ1) is 33.1. The van der Waals surface area contributed by atoms with E-state index >= 15 is 4.11 Å². The number of hydrogen-bond acceptors (Lipinski definition) is 6. The van der Waals surface area contributed by atoms with Gasteiger partial charge in [0.25, 0.3) is 5.91 Å². The number of aliphatic hydroxyl groups excluding tert-OH is 1. The number of nitrogens with zero attached hydrogens (tertiary/aromatic N) is 3. The maximum absolute atomic E-state index is 16.3. The van der Waals surface area contributed by atoms with E-state index in [4.69, 9.17) is 21.1 Å². The smallest absolute Gasteiger partial charge is 0.414 e. The van der Waals surface area contributed by atoms with Crippen LogP contribution in [0.1, 0.15) is 30.0 Å². The van der Waals surface area contributed by atoms with Crippen LogP contribution in [0.5, 0.6) is 0 Å². The van der Waals surface area contributed by atoms with Crippen LogP contribution < -0.4 is 9.80 Å². The van der Waals surface area contributed by atoms with Gasteiger partial charge in [0.15, 0.2) is 5.60 Å². The number of fused-ring (bicyclic) bond motifs is 2. The molecule has 0 unspecified atom stereocenters. The molecule has 2 saturated heterocycles. The number of ether oxygens (including phenoxy) is 2. The Hall–Kier alpha value is -3.77. The Morgan fingerprint density at radius 2 is 1.83 bits per heavy atom. The van der Waals surface area contributed by atoms with Crippen LogP contribution in [0.2, 0.25) is 23.7 Å². The summed E-state index contributed by atoms with van der Waals surface area (Å²) in [5, 5.41) is 10.2. The first-order valence-electron chi connectivity index (χ1n) is 15.9. The number of carbonyl (C=O) groups excluding carboxylic acids is 3. The summed E-state index contributed by atoms with van der Waals surface area (Å²) in [7, 11) is -3.53. The first-order chi connectivity index (χ1) is 22.4. The molecule has 3 aliphatic rings. The molecule has 9 nitrogen and oxygen atoms in total. The minimum atomic E-state index is -3.53. The van der Waals surface area contributed by atoms with Gasteiger partial charge in [-0.3, -0.25) is 14.5 Å². The molecule has 3 aliphatic heterocycles. The van der Waals surface area contributed by atoms with Crippen molar-refractivity contribution in [2.24, 2.45) is 5.92 Å². The van der Waals surface area contributed by atoms with Crippen LogP contribution in [0, 0.1) is 5.92 Å². The van der Waals surface area contributed by atoms with Crippen LogP contribution in [0.25, 0.3) is 0 Å². The molecule has 4 atom stereocenters. The average molecular weight is 680 g/mol. The summed E-state index contributed by atoms with van der Waals surface area (Å²) in [6, 6.07) is 22.0. The molecule has 6 rings (SSSR count). The third-order valence-corrected chi connectivity index (χ3v) is 12.3. The van der Waals surface area contributed by atoms with Crippen molar-refractivity contribution in [2.75, 3.05) is 36.1 Å². The Labute approximate surface area is 280 Å². The largest absolute Gasteiger partial charge is 0.447 e. The van der Waals surface area contributed by atoms with Gasteiger partial charge in [-0.15, -0.1) is 0 Å². The highest BCUT2D eigenvalue weighted by Gasteiger charge is 2.67. The van der Waals surface area contributed by atoms with Crippen molar-refractivity contribution in [1.29, 1.82) is 0 Å². The van der Waals surface area contributed by atoms with Gasteiger partial charge < -0.3 is 28.5 Å². The number of benzene rings is 3. The van der Waals surface area contributed by atoms with Crippen LogP contribution in [0.3, 0.4) is 0 Å². The van der Waals surface area contributed by atoms with Gasteiger partial charge in [-0.05, 0) is 54.6 Å². The zero-order valence-electron chi connectivity index (χ0n) is 26.7. The fourth-order valence-electron chi connectivity index (χ4n) is 7.53. The summed E-state index contributed by atoms with van der Waals surface area (Å²) in [4.78, 5) is 45.5. The van der Waals surface area contributed by atoms with Crippen molar-refractivity contribution in [3.63, 3.8) is 0 Å². The van der Waals surface area contributed by atoms with Crippen molar-refractivity contribution in [1.82, 2.24) is 4.90 Å². The van der Waals surface area contributed by atoms with E-state index in [2.05, 4.69) is 0 Å². The zero-order chi connectivity index (χ0) is 33.5. The highest BCUT2D eigenvalue weighted by molar-refractivity contribution is 6.72. The van der Waals surface area contributed by atoms with E-state index in [9.17, 15) is 19.5 Å². The predicted molar refractivity (Wildman–Crippen MR) is 179 cm³/mol. The molecule has 0 aromatic heterocycles. The molecular weight excluding hydrogens is 641 g/mol. The first-order valence-corrected chi connectivity index (χ1v) is 19.2. The van der Waals surface area contributed by atoms with E-state index in [0.29, 0.717) is 35.1 Å². The maximum Gasteiger partial charge on any atom is 0.414 e. The summed E-state index contributed by atoms with van der Waals surface area (Å²) >= 11 is 6.51. The zero-order valence-corrected chi connectivity index (χ0v) is 28.5. The van der Waals surface area contributed by atoms with E-state index in [1.54, 1.807) is 46.0 Å². The topological polar surface area (TPSA) is 99.6 Å². The van der Waals surface area contributed by atoms with Gasteiger partial charge in [-0.1, -0.05) is 61.0 Å². The van der Waals surface area contributed by atoms with Gasteiger partial charge in [-0.2, -0.15) is 0 Å². The van der Waals surface area contributed by atoms with Crippen molar-refractivity contribution < 1.29 is 33.1 Å². The van der Waals surface area contributed by atoms with Crippen molar-refractivity contribution in [3.05, 3.63) is 94.5 Å². The van der Waals surface area contributed by atoms with E-state index in [0.717, 1.165) is 11.1 Å². The monoisotopic (exact) mass is 679 g/mol. The molecule has 0 aliphatic carbocycles. The minimum absolute atomic E-state index is 0.113. The highest BCUT2D eigenvalue weighted by atomic mass is 35.5. The lowest BCUT2D eigenvalue weighted by atomic mass is 9.82. The lowest BCUT2D eigenvalue weighted by Gasteiger charge is -2.31. The number of amides is 3. The number of aliphatic hydroxyl groups is 1. The number of anilines is 2. The molecular formula is C35H39ClFN3O6Si. The van der Waals surface area contributed by atoms with Crippen LogP contribution in [0.15, 0.2) is 72.8 Å². The number of rotatable bonds is 10. The number of halogens is 2. The molecule has 3 heterocycles. The molecule has 248 valence electrons. The normalized spacial score (nSPS) is 23.8. The molecule has 47 heavy (non-hydrogen) atoms. The molecule has 0 radical (unpaired) electrons. The van der Waals surface area contributed by atoms with Gasteiger partial charge >= 0.3 is 6.09 Å². The van der Waals surface area contributed by atoms with E-state index in [-0.39, 0.29) is 44.5 Å². The lowest BCUT2D eigenvalue weighted by molar-refractivity contribution is -0.150. The maximum atomic E-state index is 16.3. The summed E-state index contributed by atoms with van der Waals surface area (Å²) in [6.45, 7) is 6.11. The molecule has 2 fully saturated rings. The van der Waals surface area contributed by atoms with Gasteiger partial charge in [0.05, 0.1) is 37.9 Å². The molecule has 12 heteroatoms. The summed E-state index contributed by atoms with van der Waals surface area (Å²) in [5.74, 6) is -1.23. The van der Waals surface area contributed by atoms with Gasteiger partial charge in [0.1, 0.15) is 6.61 Å². The number of hydrogen-bond donors (Lipinski definition) is 1. The van der Waals surface area contributed by atoms with Crippen LogP contribution in [-0.4, -0.2) is 68.7 Å². The molecule has 3 aromatic rings. The standard InChI is InChI=1S/C35H39ClFN3O6Si/c1-23-32(47(2,3)37)30(20-31(42)38(14-16-41)21-24-8-5-4-6-9-24)46-35(23)28-19-26(36)12-13-29(28)40(33(35)43)22-25-10-7-11-27(18-25)39-15-17-45-34(39)44/h4-13,18-19,23,30,32,41H,14-17,20-22H2,1-3H3/t23-,30+,32-,35+/m1/s1. The van der Waals surface area contributed by atoms with Crippen LogP contribution >= 0.6 is 11.6 Å². The third kappa shape index (κ3) is 6.17. The summed E-state index contributed by atoms with van der Waals surface area (Å²) in [5.41, 5.74) is 1.27. The Bertz CT molecular complexity index is 1670. The van der Waals surface area contributed by atoms with Crippen molar-refractivity contribution in [3.8, 4) is 0 Å². The second kappa shape index (κ2) is 13.0. The van der Waals surface area contributed by atoms with Crippen LogP contribution in [0.4, 0.5) is 20.3 Å². The second-order valence-corrected chi connectivity index (χ2v) is 17.2. The Morgan fingerprint density at radius 1 is 1.09 bits per heavy atom. The van der Waals surface area contributed by atoms with E-state index in [1.807, 2.05) is 61.5 Å². The minimum Gasteiger partial charge on any atom is -0.447 e. The van der Waals surface area contributed by atoms with Gasteiger partial charge in [-0.25, -0.2) is 4.79 Å². The highest BCUT2D eigenvalue weighted by Crippen LogP contribution is 2.60. The quantitative estimate of drug-likeness (QED) is 0.208. The molecule has 0 bridgehead atoms. The van der Waals surface area contributed by atoms with E-state index < -0.39 is 37.7 Å². The fourth-order valence-corrected chi connectivity index (χ4v) is 10.2. The summed E-state index contributed by atoms with van der Waals surface area (Å²) < 4.78 is 28.2. The summed E-state index contributed by atoms with van der Waals surface area (Å²) in [6.07, 6.45) is -1.43. The Balaban J connectivity index is 1.33. The Morgan fingerprint density at radius 3 is 2.51 bits per heavy atom. The Kier molecular flexibility index (Phi) is 9.19.